The molecule has 2 aliphatic rings. The van der Waals surface area contributed by atoms with Crippen molar-refractivity contribution in [3.8, 4) is 0 Å². The molecule has 1 saturated heterocycles. The van der Waals surface area contributed by atoms with Crippen LogP contribution in [0.25, 0.3) is 10.8 Å². The minimum absolute atomic E-state index is 0.0312. The number of aromatic amines is 1. The predicted molar refractivity (Wildman–Crippen MR) is 115 cm³/mol. The number of likely N-dealkylation sites (tertiary alicyclic amines) is 1. The number of nitrogens with one attached hydrogen (secondary N) is 1. The predicted octanol–water partition coefficient (Wildman–Crippen LogP) is 3.24. The zero-order valence-electron chi connectivity index (χ0n) is 17.4. The maximum atomic E-state index is 14.5. The average molecular weight is 438 g/mol. The summed E-state index contributed by atoms with van der Waals surface area (Å²) in [6, 6.07) is 11.7. The number of carbonyl (C=O) groups excluding carboxylic acids is 1. The summed E-state index contributed by atoms with van der Waals surface area (Å²) in [7, 11) is 0. The zero-order valence-corrected chi connectivity index (χ0v) is 17.4. The number of halogens is 2. The molecule has 1 spiro atoms. The summed E-state index contributed by atoms with van der Waals surface area (Å²) in [4.78, 5) is 26.6. The van der Waals surface area contributed by atoms with Gasteiger partial charge >= 0.3 is 0 Å². The number of alkyl halides is 1. The molecule has 0 unspecified atom stereocenters. The van der Waals surface area contributed by atoms with Gasteiger partial charge in [-0.1, -0.05) is 24.3 Å². The van der Waals surface area contributed by atoms with Crippen LogP contribution < -0.4 is 5.56 Å². The minimum Gasteiger partial charge on any atom is -0.375 e. The van der Waals surface area contributed by atoms with Gasteiger partial charge < -0.3 is 9.64 Å². The fourth-order valence-corrected chi connectivity index (χ4v) is 4.92. The molecule has 8 heteroatoms. The number of hydrogen-bond acceptors (Lipinski definition) is 4. The molecule has 0 radical (unpaired) electrons. The SMILES string of the molecule is O=C(c1cc(Cc2n[nH]c(=O)c3ccccc23)ccc1F)N1CC2(CC(OCC[18F])C2)C1. The number of fused-ring (bicyclic) bond motifs is 1. The Labute approximate surface area is 183 Å². The maximum Gasteiger partial charge on any atom is 0.272 e. The van der Waals surface area contributed by atoms with Gasteiger partial charge in [-0.15, -0.1) is 0 Å². The molecule has 2 aromatic carbocycles. The second-order valence-corrected chi connectivity index (χ2v) is 8.79. The lowest BCUT2D eigenvalue weighted by Crippen LogP contribution is -2.65. The van der Waals surface area contributed by atoms with Crippen LogP contribution in [0.2, 0.25) is 0 Å². The summed E-state index contributed by atoms with van der Waals surface area (Å²) in [5.74, 6) is -0.890. The van der Waals surface area contributed by atoms with Crippen LogP contribution in [0.4, 0.5) is 8.78 Å². The van der Waals surface area contributed by atoms with E-state index in [4.69, 9.17) is 4.74 Å². The molecule has 1 aliphatic heterocycles. The van der Waals surface area contributed by atoms with E-state index in [0.29, 0.717) is 30.6 Å². The largest absolute Gasteiger partial charge is 0.375 e. The van der Waals surface area contributed by atoms with Gasteiger partial charge in [0.05, 0.1) is 29.4 Å². The molecular formula is C24H23F2N3O3. The molecule has 1 amide bonds. The Bertz CT molecular complexity index is 1230. The standard InChI is InChI=1S/C24H23F2N3O3/c25-7-8-32-16-11-24(12-16)13-29(14-24)23(31)19-9-15(5-6-20(19)26)10-21-17-3-1-2-4-18(17)22(30)28-27-21/h1-6,9,16H,7-8,10-14H2,(H,28,30)/i25-1. The highest BCUT2D eigenvalue weighted by molar-refractivity contribution is 5.95. The molecule has 1 aliphatic carbocycles. The van der Waals surface area contributed by atoms with Crippen molar-refractivity contribution in [2.75, 3.05) is 26.4 Å². The fraction of sp³-hybridized carbons (Fsp3) is 0.375. The van der Waals surface area contributed by atoms with E-state index in [1.807, 2.05) is 12.1 Å². The van der Waals surface area contributed by atoms with E-state index in [2.05, 4.69) is 10.2 Å². The molecule has 3 aromatic rings. The van der Waals surface area contributed by atoms with Crippen LogP contribution in [0.3, 0.4) is 0 Å². The molecule has 1 saturated carbocycles. The molecular weight excluding hydrogens is 415 g/mol. The summed E-state index contributed by atoms with van der Waals surface area (Å²) in [6.07, 6.45) is 2.03. The lowest BCUT2D eigenvalue weighted by molar-refractivity contribution is -0.139. The van der Waals surface area contributed by atoms with E-state index in [9.17, 15) is 18.4 Å². The first kappa shape index (κ1) is 20.8. The molecule has 6 nitrogen and oxygen atoms in total. The fourth-order valence-electron chi connectivity index (χ4n) is 4.92. The summed E-state index contributed by atoms with van der Waals surface area (Å²) in [6.45, 7) is 0.753. The summed E-state index contributed by atoms with van der Waals surface area (Å²) in [5, 5.41) is 7.93. The molecule has 1 N–H and O–H groups in total. The average Bonchev–Trinajstić information content (AvgIpc) is 2.74. The number of rotatable bonds is 6. The van der Waals surface area contributed by atoms with Gasteiger partial charge in [0, 0.05) is 30.3 Å². The summed E-state index contributed by atoms with van der Waals surface area (Å²) < 4.78 is 32.1. The number of ether oxygens (including phenoxy) is 1. The monoisotopic (exact) mass is 438 g/mol. The van der Waals surface area contributed by atoms with Gasteiger partial charge in [-0.3, -0.25) is 9.59 Å². The molecule has 0 atom stereocenters. The van der Waals surface area contributed by atoms with Gasteiger partial charge in [0.15, 0.2) is 0 Å². The number of H-pyrrole nitrogens is 1. The minimum atomic E-state index is -0.559. The number of carbonyl (C=O) groups is 1. The summed E-state index contributed by atoms with van der Waals surface area (Å²) in [5.41, 5.74) is 1.19. The van der Waals surface area contributed by atoms with Gasteiger partial charge in [-0.05, 0) is 36.6 Å². The highest BCUT2D eigenvalue weighted by Gasteiger charge is 2.54. The first-order valence-corrected chi connectivity index (χ1v) is 10.7. The van der Waals surface area contributed by atoms with Crippen LogP contribution in [0, 0.1) is 11.2 Å². The number of amides is 1. The van der Waals surface area contributed by atoms with Gasteiger partial charge in [-0.25, -0.2) is 13.9 Å². The van der Waals surface area contributed by atoms with Crippen LogP contribution in [0.15, 0.2) is 47.3 Å². The Morgan fingerprint density at radius 1 is 1.19 bits per heavy atom. The quantitative estimate of drug-likeness (QED) is 0.641. The van der Waals surface area contributed by atoms with Gasteiger partial charge in [0.1, 0.15) is 12.5 Å². The third kappa shape index (κ3) is 3.68. The number of hydrogen-bond donors (Lipinski definition) is 1. The Morgan fingerprint density at radius 2 is 1.94 bits per heavy atom. The van der Waals surface area contributed by atoms with Gasteiger partial charge in [0.25, 0.3) is 11.5 Å². The van der Waals surface area contributed by atoms with E-state index >= 15 is 0 Å². The lowest BCUT2D eigenvalue weighted by atomic mass is 9.61. The van der Waals surface area contributed by atoms with Crippen molar-refractivity contribution >= 4 is 16.7 Å². The van der Waals surface area contributed by atoms with E-state index in [-0.39, 0.29) is 35.2 Å². The second kappa shape index (κ2) is 8.09. The normalized spacial score (nSPS) is 17.4. The van der Waals surface area contributed by atoms with E-state index in [0.717, 1.165) is 23.8 Å². The van der Waals surface area contributed by atoms with Crippen LogP contribution in [-0.4, -0.2) is 53.5 Å². The first-order chi connectivity index (χ1) is 15.5. The molecule has 2 heterocycles. The topological polar surface area (TPSA) is 75.3 Å². The third-order valence-electron chi connectivity index (χ3n) is 6.50. The van der Waals surface area contributed by atoms with Crippen molar-refractivity contribution in [2.45, 2.75) is 25.4 Å². The highest BCUT2D eigenvalue weighted by atomic mass is 19.1. The van der Waals surface area contributed by atoms with Crippen molar-refractivity contribution in [3.63, 3.8) is 0 Å². The van der Waals surface area contributed by atoms with Gasteiger partial charge in [0.2, 0.25) is 0 Å². The third-order valence-corrected chi connectivity index (χ3v) is 6.50. The van der Waals surface area contributed by atoms with Crippen LogP contribution in [0.1, 0.15) is 34.5 Å². The van der Waals surface area contributed by atoms with E-state index < -0.39 is 12.5 Å². The molecule has 2 fully saturated rings. The number of benzene rings is 2. The van der Waals surface area contributed by atoms with Crippen molar-refractivity contribution in [3.05, 3.63) is 75.5 Å². The highest BCUT2D eigenvalue weighted by Crippen LogP contribution is 2.50. The second-order valence-electron chi connectivity index (χ2n) is 8.79. The summed E-state index contributed by atoms with van der Waals surface area (Å²) >= 11 is 0. The van der Waals surface area contributed by atoms with E-state index in [1.54, 1.807) is 29.2 Å². The maximum absolute atomic E-state index is 14.5. The first-order valence-electron chi connectivity index (χ1n) is 10.7. The van der Waals surface area contributed by atoms with E-state index in [1.165, 1.54) is 6.07 Å². The van der Waals surface area contributed by atoms with Crippen molar-refractivity contribution < 1.29 is 18.3 Å². The number of nitrogens with zero attached hydrogens (tertiary/aromatic N) is 2. The lowest BCUT2D eigenvalue weighted by Gasteiger charge is -2.58. The molecule has 1 aromatic heterocycles. The molecule has 166 valence electrons. The zero-order chi connectivity index (χ0) is 22.3. The Balaban J connectivity index is 1.30. The Morgan fingerprint density at radius 3 is 2.69 bits per heavy atom. The Kier molecular flexibility index (Phi) is 5.25. The van der Waals surface area contributed by atoms with Crippen molar-refractivity contribution in [1.82, 2.24) is 15.1 Å². The number of aromatic nitrogens is 2. The van der Waals surface area contributed by atoms with Crippen LogP contribution in [-0.2, 0) is 11.2 Å². The molecule has 0 bridgehead atoms. The van der Waals surface area contributed by atoms with Crippen molar-refractivity contribution in [1.29, 1.82) is 0 Å². The van der Waals surface area contributed by atoms with Gasteiger partial charge in [-0.2, -0.15) is 5.10 Å². The Hall–Kier alpha value is -3.13. The smallest absolute Gasteiger partial charge is 0.272 e. The van der Waals surface area contributed by atoms with Crippen molar-refractivity contribution in [2.24, 2.45) is 5.41 Å². The van der Waals surface area contributed by atoms with Crippen LogP contribution in [0.5, 0.6) is 0 Å². The molecule has 32 heavy (non-hydrogen) atoms. The van der Waals surface area contributed by atoms with Crippen LogP contribution >= 0.6 is 0 Å². The molecule has 5 rings (SSSR count).